The fourth-order valence-electron chi connectivity index (χ4n) is 1.99. The fourth-order valence-corrected chi connectivity index (χ4v) is 2.69. The number of thioether (sulfide) groups is 1. The zero-order valence-electron chi connectivity index (χ0n) is 12.3. The first-order valence-corrected chi connectivity index (χ1v) is 7.78. The van der Waals surface area contributed by atoms with Crippen molar-refractivity contribution in [3.8, 4) is 0 Å². The Morgan fingerprint density at radius 2 is 2.08 bits per heavy atom. The van der Waals surface area contributed by atoms with Crippen LogP contribution in [-0.2, 0) is 6.54 Å². The number of aromatic amines is 1. The molecule has 0 unspecified atom stereocenters. The van der Waals surface area contributed by atoms with Gasteiger partial charge < -0.3 is 4.42 Å². The second kappa shape index (κ2) is 7.01. The van der Waals surface area contributed by atoms with Crippen LogP contribution in [0, 0.1) is 10.1 Å². The van der Waals surface area contributed by atoms with E-state index in [0.717, 1.165) is 5.56 Å². The number of nitro groups is 1. The molecule has 0 spiro atoms. The summed E-state index contributed by atoms with van der Waals surface area (Å²) in [5.41, 5.74) is 0.678. The zero-order chi connectivity index (χ0) is 16.9. The van der Waals surface area contributed by atoms with E-state index in [1.54, 1.807) is 11.5 Å². The maximum absolute atomic E-state index is 11.9. The predicted octanol–water partition coefficient (Wildman–Crippen LogP) is 2.88. The third kappa shape index (κ3) is 3.63. The van der Waals surface area contributed by atoms with Gasteiger partial charge in [-0.1, -0.05) is 42.1 Å². The van der Waals surface area contributed by atoms with Crippen molar-refractivity contribution in [2.45, 2.75) is 11.7 Å². The number of furan rings is 1. The minimum atomic E-state index is -0.601. The number of rotatable bonds is 6. The molecule has 9 heteroatoms. The molecule has 3 aromatic rings. The van der Waals surface area contributed by atoms with E-state index in [1.807, 2.05) is 30.3 Å². The van der Waals surface area contributed by atoms with Gasteiger partial charge in [0.2, 0.25) is 0 Å². The number of H-pyrrole nitrogens is 1. The van der Waals surface area contributed by atoms with Gasteiger partial charge in [0.05, 0.1) is 12.6 Å². The Labute approximate surface area is 140 Å². The Kier molecular flexibility index (Phi) is 4.62. The SMILES string of the molecule is O=c1[nH]nc(SC=Cc2ccc([N+](=O)[O-])o2)n1Cc1ccccc1. The molecule has 0 radical (unpaired) electrons. The van der Waals surface area contributed by atoms with Crippen LogP contribution in [0.3, 0.4) is 0 Å². The molecule has 0 aliphatic rings. The van der Waals surface area contributed by atoms with Crippen molar-refractivity contribution in [2.75, 3.05) is 0 Å². The molecular formula is C15H12N4O4S. The molecule has 0 bridgehead atoms. The highest BCUT2D eigenvalue weighted by Gasteiger charge is 2.11. The smallest absolute Gasteiger partial charge is 0.401 e. The van der Waals surface area contributed by atoms with Gasteiger partial charge in [-0.3, -0.25) is 14.7 Å². The van der Waals surface area contributed by atoms with Crippen molar-refractivity contribution in [3.05, 3.63) is 79.8 Å². The van der Waals surface area contributed by atoms with Crippen LogP contribution in [0.2, 0.25) is 0 Å². The Hall–Kier alpha value is -3.07. The van der Waals surface area contributed by atoms with E-state index < -0.39 is 4.92 Å². The number of hydrogen-bond acceptors (Lipinski definition) is 6. The minimum absolute atomic E-state index is 0.302. The van der Waals surface area contributed by atoms with Crippen LogP contribution < -0.4 is 5.69 Å². The Bertz CT molecular complexity index is 926. The quantitative estimate of drug-likeness (QED) is 0.418. The lowest BCUT2D eigenvalue weighted by molar-refractivity contribution is -0.402. The van der Waals surface area contributed by atoms with Crippen molar-refractivity contribution in [2.24, 2.45) is 0 Å². The fraction of sp³-hybridized carbons (Fsp3) is 0.0667. The van der Waals surface area contributed by atoms with Gasteiger partial charge in [0.1, 0.15) is 10.7 Å². The number of benzene rings is 1. The summed E-state index contributed by atoms with van der Waals surface area (Å²) in [5, 5.41) is 19.1. The van der Waals surface area contributed by atoms with E-state index >= 15 is 0 Å². The van der Waals surface area contributed by atoms with Crippen LogP contribution in [0.1, 0.15) is 11.3 Å². The molecule has 0 saturated heterocycles. The maximum Gasteiger partial charge on any atom is 0.433 e. The summed E-state index contributed by atoms with van der Waals surface area (Å²) in [4.78, 5) is 21.8. The predicted molar refractivity (Wildman–Crippen MR) is 88.6 cm³/mol. The first-order valence-electron chi connectivity index (χ1n) is 6.90. The van der Waals surface area contributed by atoms with Crippen LogP contribution in [-0.4, -0.2) is 19.7 Å². The Morgan fingerprint density at radius 1 is 1.29 bits per heavy atom. The number of hydrogen-bond donors (Lipinski definition) is 1. The van der Waals surface area contributed by atoms with Crippen LogP contribution in [0.5, 0.6) is 0 Å². The van der Waals surface area contributed by atoms with Crippen molar-refractivity contribution in [3.63, 3.8) is 0 Å². The molecule has 0 fully saturated rings. The number of nitrogens with one attached hydrogen (secondary N) is 1. The number of aromatic nitrogens is 3. The monoisotopic (exact) mass is 344 g/mol. The molecule has 0 aliphatic heterocycles. The summed E-state index contributed by atoms with van der Waals surface area (Å²) in [6.07, 6.45) is 1.57. The number of nitrogens with zero attached hydrogens (tertiary/aromatic N) is 3. The molecule has 8 nitrogen and oxygen atoms in total. The molecule has 122 valence electrons. The van der Waals surface area contributed by atoms with Crippen LogP contribution in [0.4, 0.5) is 5.88 Å². The summed E-state index contributed by atoms with van der Waals surface area (Å²) in [6, 6.07) is 12.3. The molecule has 0 aliphatic carbocycles. The van der Waals surface area contributed by atoms with E-state index in [1.165, 1.54) is 28.5 Å². The van der Waals surface area contributed by atoms with Gasteiger partial charge in [0.15, 0.2) is 5.16 Å². The van der Waals surface area contributed by atoms with Gasteiger partial charge in [-0.25, -0.2) is 9.89 Å². The summed E-state index contributed by atoms with van der Waals surface area (Å²) < 4.78 is 6.53. The highest BCUT2D eigenvalue weighted by molar-refractivity contribution is 8.02. The maximum atomic E-state index is 11.9. The highest BCUT2D eigenvalue weighted by atomic mass is 32.2. The van der Waals surface area contributed by atoms with Crippen LogP contribution in [0.25, 0.3) is 6.08 Å². The summed E-state index contributed by atoms with van der Waals surface area (Å²) >= 11 is 1.21. The third-order valence-electron chi connectivity index (χ3n) is 3.11. The van der Waals surface area contributed by atoms with Crippen LogP contribution >= 0.6 is 11.8 Å². The normalized spacial score (nSPS) is 11.2. The lowest BCUT2D eigenvalue weighted by Gasteiger charge is -2.03. The highest BCUT2D eigenvalue weighted by Crippen LogP contribution is 2.21. The lowest BCUT2D eigenvalue weighted by Crippen LogP contribution is -2.18. The minimum Gasteiger partial charge on any atom is -0.401 e. The molecule has 3 rings (SSSR count). The van der Waals surface area contributed by atoms with Crippen molar-refractivity contribution in [1.29, 1.82) is 0 Å². The topological polar surface area (TPSA) is 107 Å². The van der Waals surface area contributed by atoms with Crippen LogP contribution in [0.15, 0.2) is 62.2 Å². The molecule has 2 heterocycles. The second-order valence-electron chi connectivity index (χ2n) is 4.74. The lowest BCUT2D eigenvalue weighted by atomic mass is 10.2. The molecular weight excluding hydrogens is 332 g/mol. The van der Waals surface area contributed by atoms with E-state index in [4.69, 9.17) is 4.42 Å². The summed E-state index contributed by atoms with van der Waals surface area (Å²) in [5.74, 6) is 0.0297. The molecule has 2 aromatic heterocycles. The standard InChI is InChI=1S/C15H12N4O4S/c20-14-16-17-15(18(14)10-11-4-2-1-3-5-11)24-9-8-12-6-7-13(23-12)19(21)22/h1-9H,10H2,(H,16,20). The van der Waals surface area contributed by atoms with Gasteiger partial charge in [0.25, 0.3) is 0 Å². The molecule has 0 saturated carbocycles. The van der Waals surface area contributed by atoms with Gasteiger partial charge in [-0.05, 0) is 23.1 Å². The van der Waals surface area contributed by atoms with E-state index in [0.29, 0.717) is 17.5 Å². The second-order valence-corrected chi connectivity index (χ2v) is 5.61. The Morgan fingerprint density at radius 3 is 2.79 bits per heavy atom. The van der Waals surface area contributed by atoms with Crippen molar-refractivity contribution >= 4 is 23.7 Å². The Balaban J connectivity index is 1.72. The first-order chi connectivity index (χ1) is 11.6. The van der Waals surface area contributed by atoms with Gasteiger partial charge in [-0.2, -0.15) is 0 Å². The average Bonchev–Trinajstić information content (AvgIpc) is 3.18. The van der Waals surface area contributed by atoms with Crippen molar-refractivity contribution < 1.29 is 9.34 Å². The molecule has 0 atom stereocenters. The van der Waals surface area contributed by atoms with Gasteiger partial charge in [-0.15, -0.1) is 5.10 Å². The zero-order valence-corrected chi connectivity index (χ0v) is 13.1. The molecule has 1 aromatic carbocycles. The van der Waals surface area contributed by atoms with Gasteiger partial charge >= 0.3 is 11.6 Å². The summed E-state index contributed by atoms with van der Waals surface area (Å²) in [7, 11) is 0. The van der Waals surface area contributed by atoms with Crippen molar-refractivity contribution in [1.82, 2.24) is 14.8 Å². The van der Waals surface area contributed by atoms with Gasteiger partial charge in [0, 0.05) is 0 Å². The molecule has 24 heavy (non-hydrogen) atoms. The molecule has 1 N–H and O–H groups in total. The van der Waals surface area contributed by atoms with E-state index in [2.05, 4.69) is 10.2 Å². The third-order valence-corrected chi connectivity index (χ3v) is 3.90. The molecule has 0 amide bonds. The first kappa shape index (κ1) is 15.8. The van der Waals surface area contributed by atoms with E-state index in [-0.39, 0.29) is 11.6 Å². The average molecular weight is 344 g/mol. The largest absolute Gasteiger partial charge is 0.433 e. The summed E-state index contributed by atoms with van der Waals surface area (Å²) in [6.45, 7) is 0.401. The van der Waals surface area contributed by atoms with E-state index in [9.17, 15) is 14.9 Å².